The third-order valence-electron chi connectivity index (χ3n) is 14.9. The third-order valence-corrected chi connectivity index (χ3v) is 14.9. The average molecular weight is 980 g/mol. The molecule has 0 aliphatic carbocycles. The van der Waals surface area contributed by atoms with E-state index in [4.69, 9.17) is 10.5 Å². The number of ether oxygens (including phenoxy) is 1. The minimum absolute atomic E-state index is 0.0315. The van der Waals surface area contributed by atoms with Gasteiger partial charge in [-0.3, -0.25) is 34.0 Å². The number of fused-ring (bicyclic) bond motifs is 1. The van der Waals surface area contributed by atoms with E-state index in [0.29, 0.717) is 65.0 Å². The number of esters is 1. The monoisotopic (exact) mass is 979 g/mol. The van der Waals surface area contributed by atoms with E-state index in [1.807, 2.05) is 15.8 Å². The summed E-state index contributed by atoms with van der Waals surface area (Å²) in [6.07, 6.45) is 10.3. The van der Waals surface area contributed by atoms with Crippen molar-refractivity contribution in [1.82, 2.24) is 44.7 Å². The number of benzene rings is 3. The summed E-state index contributed by atoms with van der Waals surface area (Å²) >= 11 is 0. The highest BCUT2D eigenvalue weighted by Gasteiger charge is 2.40. The van der Waals surface area contributed by atoms with Crippen molar-refractivity contribution < 1.29 is 37.9 Å². The van der Waals surface area contributed by atoms with Crippen LogP contribution in [0.15, 0.2) is 91.4 Å². The molecule has 0 bridgehead atoms. The van der Waals surface area contributed by atoms with Crippen LogP contribution in [0.3, 0.4) is 0 Å². The first-order chi connectivity index (χ1) is 34.9. The predicted molar refractivity (Wildman–Crippen MR) is 262 cm³/mol. The number of carbonyl (C=O) groups excluding carboxylic acids is 6. The molecule has 374 valence electrons. The fourth-order valence-electron chi connectivity index (χ4n) is 10.8. The Hall–Kier alpha value is -7.38. The Kier molecular flexibility index (Phi) is 14.2. The lowest BCUT2D eigenvalue weighted by molar-refractivity contribution is -0.137. The Balaban J connectivity index is 0.655. The molecule has 5 amide bonds. The van der Waals surface area contributed by atoms with Crippen LogP contribution in [0.25, 0.3) is 11.3 Å². The maximum atomic E-state index is 13.6. The van der Waals surface area contributed by atoms with Crippen molar-refractivity contribution in [3.63, 3.8) is 0 Å². The number of nitrogen functional groups attached to an aromatic ring is 1. The number of piperidine rings is 4. The van der Waals surface area contributed by atoms with Crippen LogP contribution in [0.4, 0.5) is 15.9 Å². The number of imide groups is 1. The summed E-state index contributed by atoms with van der Waals surface area (Å²) < 4.78 is 21.2. The minimum Gasteiger partial charge on any atom is -0.442 e. The maximum absolute atomic E-state index is 13.6. The first-order valence-electron chi connectivity index (χ1n) is 24.9. The molecule has 2 atom stereocenters. The molecule has 4 N–H and O–H groups in total. The van der Waals surface area contributed by atoms with E-state index in [1.165, 1.54) is 35.4 Å². The smallest absolute Gasteiger partial charge is 0.361 e. The first-order valence-corrected chi connectivity index (χ1v) is 24.9. The molecule has 4 fully saturated rings. The number of likely N-dealkylation sites (tertiary alicyclic amines) is 3. The van der Waals surface area contributed by atoms with E-state index in [1.54, 1.807) is 54.7 Å². The Bertz CT molecular complexity index is 2840. The highest BCUT2D eigenvalue weighted by Crippen LogP contribution is 2.32. The number of halogens is 1. The molecule has 0 radical (unpaired) electrons. The van der Waals surface area contributed by atoms with Gasteiger partial charge >= 0.3 is 5.97 Å². The minimum atomic E-state index is -1.36. The van der Waals surface area contributed by atoms with Crippen LogP contribution in [-0.2, 0) is 25.7 Å². The Morgan fingerprint density at radius 2 is 1.50 bits per heavy atom. The lowest BCUT2D eigenvalue weighted by Gasteiger charge is -2.39. The maximum Gasteiger partial charge on any atom is 0.361 e. The number of hydrogen-bond acceptors (Lipinski definition) is 13. The van der Waals surface area contributed by atoms with Crippen molar-refractivity contribution in [3.05, 3.63) is 125 Å². The van der Waals surface area contributed by atoms with Gasteiger partial charge in [-0.1, -0.05) is 30.3 Å². The van der Waals surface area contributed by atoms with E-state index in [0.717, 1.165) is 83.4 Å². The standard InChI is InChI=1S/C53H58FN11O7/c54-39-7-9-40(10-8-39)58-50(68)47(35-4-2-1-3-5-35)72-53(71)46-48(55)56-28-43(59-46)38-27-57-65(32-38)41-18-22-62(23-19-41)29-33-14-20-61(21-15-33)30-34-16-24-63(25-17-34)51(69)36-6-11-42-37(26-36)31-64(52(42)70)44-12-13-45(66)60-49(44)67/h1-11,26-28,32-34,41,44,47H,12-25,29-31H2,(H2,55,56)(H,58,68)(H,60,66,67)/t44?,47-/m1/s1. The molecule has 0 spiro atoms. The van der Waals surface area contributed by atoms with Gasteiger partial charge in [0.2, 0.25) is 17.9 Å². The summed E-state index contributed by atoms with van der Waals surface area (Å²) in [5.74, 6) is -2.04. The number of amides is 5. The van der Waals surface area contributed by atoms with Gasteiger partial charge in [0.15, 0.2) is 11.5 Å². The largest absolute Gasteiger partial charge is 0.442 e. The van der Waals surface area contributed by atoms with Gasteiger partial charge in [-0.05, 0) is 118 Å². The number of hydrogen-bond donors (Lipinski definition) is 3. The van der Waals surface area contributed by atoms with Crippen LogP contribution in [0, 0.1) is 17.7 Å². The summed E-state index contributed by atoms with van der Waals surface area (Å²) in [4.78, 5) is 95.3. The van der Waals surface area contributed by atoms with Gasteiger partial charge in [0.05, 0.1) is 24.1 Å². The fraction of sp³-hybridized carbons (Fsp3) is 0.415. The molecule has 5 aliphatic rings. The van der Waals surface area contributed by atoms with Crippen LogP contribution in [0.1, 0.15) is 106 Å². The molecule has 0 saturated carbocycles. The van der Waals surface area contributed by atoms with Crippen LogP contribution in [0.2, 0.25) is 0 Å². The molecule has 19 heteroatoms. The SMILES string of the molecule is Nc1ncc(-c2cnn(C3CCN(CC4CCN(CC5CCN(C(=O)c6ccc7c(c6)CN(C6CCC(=O)NC6=O)C7=O)CC5)CC4)CC3)c2)nc1C(=O)O[C@@H](C(=O)Nc1ccc(F)cc1)c1ccccc1. The van der Waals surface area contributed by atoms with Crippen LogP contribution in [-0.4, -0.2) is 133 Å². The van der Waals surface area contributed by atoms with Crippen molar-refractivity contribution in [3.8, 4) is 11.3 Å². The molecule has 18 nitrogen and oxygen atoms in total. The second-order valence-electron chi connectivity index (χ2n) is 19.7. The zero-order valence-electron chi connectivity index (χ0n) is 40.0. The lowest BCUT2D eigenvalue weighted by atomic mass is 9.91. The van der Waals surface area contributed by atoms with Crippen molar-refractivity contribution in [2.24, 2.45) is 11.8 Å². The van der Waals surface area contributed by atoms with Gasteiger partial charge < -0.3 is 35.4 Å². The lowest BCUT2D eigenvalue weighted by Crippen LogP contribution is -2.52. The molecule has 4 saturated heterocycles. The van der Waals surface area contributed by atoms with Gasteiger partial charge in [-0.25, -0.2) is 19.2 Å². The Morgan fingerprint density at radius 1 is 0.819 bits per heavy atom. The predicted octanol–water partition coefficient (Wildman–Crippen LogP) is 5.26. The van der Waals surface area contributed by atoms with Crippen LogP contribution < -0.4 is 16.4 Å². The van der Waals surface area contributed by atoms with Gasteiger partial charge in [0.25, 0.3) is 17.7 Å². The first kappa shape index (κ1) is 48.3. The van der Waals surface area contributed by atoms with E-state index >= 15 is 0 Å². The van der Waals surface area contributed by atoms with Crippen molar-refractivity contribution >= 4 is 47.0 Å². The van der Waals surface area contributed by atoms with Gasteiger partial charge in [-0.2, -0.15) is 5.10 Å². The van der Waals surface area contributed by atoms with E-state index < -0.39 is 35.7 Å². The highest BCUT2D eigenvalue weighted by molar-refractivity contribution is 6.06. The van der Waals surface area contributed by atoms with E-state index in [2.05, 4.69) is 35.5 Å². The fourth-order valence-corrected chi connectivity index (χ4v) is 10.8. The number of nitrogens with two attached hydrogens (primary N) is 1. The molecule has 1 unspecified atom stereocenters. The Morgan fingerprint density at radius 3 is 2.19 bits per heavy atom. The highest BCUT2D eigenvalue weighted by atomic mass is 19.1. The van der Waals surface area contributed by atoms with Gasteiger partial charge in [0, 0.05) is 86.4 Å². The third kappa shape index (κ3) is 10.8. The summed E-state index contributed by atoms with van der Waals surface area (Å²) in [6.45, 7) is 7.86. The molecule has 72 heavy (non-hydrogen) atoms. The molecule has 5 aliphatic heterocycles. The molecular formula is C53H58FN11O7. The van der Waals surface area contributed by atoms with Crippen molar-refractivity contribution in [2.75, 3.05) is 63.4 Å². The second kappa shape index (κ2) is 21.1. The van der Waals surface area contributed by atoms with E-state index in [9.17, 15) is 33.2 Å². The molecule has 10 rings (SSSR count). The van der Waals surface area contributed by atoms with Gasteiger partial charge in [-0.15, -0.1) is 0 Å². The summed E-state index contributed by atoms with van der Waals surface area (Å²) in [5, 5.41) is 9.69. The molecule has 2 aromatic heterocycles. The summed E-state index contributed by atoms with van der Waals surface area (Å²) in [7, 11) is 0. The molecule has 5 aromatic rings. The Labute approximate surface area is 416 Å². The van der Waals surface area contributed by atoms with Crippen LogP contribution >= 0.6 is 0 Å². The number of rotatable bonds is 13. The quantitative estimate of drug-likeness (QED) is 0.101. The zero-order chi connectivity index (χ0) is 49.9. The number of nitrogens with one attached hydrogen (secondary N) is 2. The van der Waals surface area contributed by atoms with Crippen LogP contribution in [0.5, 0.6) is 0 Å². The van der Waals surface area contributed by atoms with Crippen molar-refractivity contribution in [2.45, 2.75) is 76.1 Å². The average Bonchev–Trinajstić information content (AvgIpc) is 4.02. The van der Waals surface area contributed by atoms with Gasteiger partial charge in [0.1, 0.15) is 11.9 Å². The number of anilines is 2. The van der Waals surface area contributed by atoms with Crippen molar-refractivity contribution in [1.29, 1.82) is 0 Å². The summed E-state index contributed by atoms with van der Waals surface area (Å²) in [6, 6.07) is 18.5. The second-order valence-corrected chi connectivity index (χ2v) is 19.7. The van der Waals surface area contributed by atoms with E-state index in [-0.39, 0.29) is 48.2 Å². The normalized spacial score (nSPS) is 20.0. The number of nitrogens with zero attached hydrogens (tertiary/aromatic N) is 8. The molecular weight excluding hydrogens is 922 g/mol. The molecule has 7 heterocycles. The number of carbonyl (C=O) groups is 6. The summed E-state index contributed by atoms with van der Waals surface area (Å²) in [5.41, 5.74) is 9.50. The molecule has 3 aromatic carbocycles. The topological polar surface area (TPSA) is 218 Å². The zero-order valence-corrected chi connectivity index (χ0v) is 40.0. The number of aromatic nitrogens is 4.